The summed E-state index contributed by atoms with van der Waals surface area (Å²) in [5.74, 6) is 1.07. The Balaban J connectivity index is 2.81. The number of halogens is 1. The molecule has 1 unspecified atom stereocenters. The lowest BCUT2D eigenvalue weighted by Gasteiger charge is -2.40. The minimum atomic E-state index is -2.30. The first-order valence-electron chi connectivity index (χ1n) is 8.50. The van der Waals surface area contributed by atoms with Crippen molar-refractivity contribution in [1.82, 2.24) is 0 Å². The quantitative estimate of drug-likeness (QED) is 0.302. The lowest BCUT2D eigenvalue weighted by molar-refractivity contribution is 0.0770. The van der Waals surface area contributed by atoms with E-state index in [-0.39, 0.29) is 0 Å². The highest BCUT2D eigenvalue weighted by Gasteiger charge is 2.47. The van der Waals surface area contributed by atoms with Crippen LogP contribution in [0.3, 0.4) is 0 Å². The first-order chi connectivity index (χ1) is 10.7. The van der Waals surface area contributed by atoms with Crippen molar-refractivity contribution in [3.05, 3.63) is 0 Å². The summed E-state index contributed by atoms with van der Waals surface area (Å²) in [5.41, 5.74) is 0.570. The number of ether oxygens (including phenoxy) is 2. The Bertz CT molecular complexity index is 265. The summed E-state index contributed by atoms with van der Waals surface area (Å²) in [4.78, 5) is 0. The molecule has 22 heavy (non-hydrogen) atoms. The van der Waals surface area contributed by atoms with Gasteiger partial charge in [0.15, 0.2) is 0 Å². The third-order valence-corrected chi connectivity index (χ3v) is 9.39. The highest BCUT2D eigenvalue weighted by atomic mass is 35.5. The van der Waals surface area contributed by atoms with E-state index in [0.717, 1.165) is 6.04 Å². The molecule has 0 aromatic rings. The highest BCUT2D eigenvalue weighted by Crippen LogP contribution is 2.42. The van der Waals surface area contributed by atoms with Gasteiger partial charge < -0.3 is 18.3 Å². The molecule has 4 nitrogen and oxygen atoms in total. The van der Waals surface area contributed by atoms with Gasteiger partial charge in [0.25, 0.3) is 0 Å². The van der Waals surface area contributed by atoms with Crippen LogP contribution in [0, 0.1) is 5.92 Å². The normalized spacial score (nSPS) is 18.5. The summed E-state index contributed by atoms with van der Waals surface area (Å²) >= 11 is 6.08. The van der Waals surface area contributed by atoms with Gasteiger partial charge in [0.1, 0.15) is 0 Å². The fourth-order valence-electron chi connectivity index (χ4n) is 3.24. The van der Waals surface area contributed by atoms with E-state index < -0.39 is 8.56 Å². The summed E-state index contributed by atoms with van der Waals surface area (Å²) in [6.07, 6.45) is 6.36. The summed E-state index contributed by atoms with van der Waals surface area (Å²) < 4.78 is 23.2. The van der Waals surface area contributed by atoms with Gasteiger partial charge in [0.05, 0.1) is 26.4 Å². The molecule has 0 aliphatic heterocycles. The SMILES string of the molecule is COCCO[Si](CC(C)CCl)(OCCOC)C1CCCCC1. The van der Waals surface area contributed by atoms with E-state index in [1.807, 2.05) is 0 Å². The molecule has 6 heteroatoms. The highest BCUT2D eigenvalue weighted by molar-refractivity contribution is 6.69. The van der Waals surface area contributed by atoms with Crippen LogP contribution in [0.25, 0.3) is 0 Å². The van der Waals surface area contributed by atoms with E-state index in [2.05, 4.69) is 6.92 Å². The minimum Gasteiger partial charge on any atom is -0.392 e. The summed E-state index contributed by atoms with van der Waals surface area (Å²) in [7, 11) is 1.12. The van der Waals surface area contributed by atoms with Gasteiger partial charge in [0.2, 0.25) is 0 Å². The van der Waals surface area contributed by atoms with Gasteiger partial charge in [-0.1, -0.05) is 26.2 Å². The molecule has 1 saturated carbocycles. The van der Waals surface area contributed by atoms with Crippen molar-refractivity contribution in [2.75, 3.05) is 46.5 Å². The van der Waals surface area contributed by atoms with Crippen LogP contribution in [0.15, 0.2) is 0 Å². The van der Waals surface area contributed by atoms with E-state index in [9.17, 15) is 0 Å². The molecule has 1 rings (SSSR count). The van der Waals surface area contributed by atoms with Crippen molar-refractivity contribution >= 4 is 20.2 Å². The molecular formula is C16H33ClO4Si. The van der Waals surface area contributed by atoms with Crippen LogP contribution in [-0.4, -0.2) is 55.1 Å². The average molecular weight is 353 g/mol. The Morgan fingerprint density at radius 1 is 0.955 bits per heavy atom. The zero-order chi connectivity index (χ0) is 16.3. The van der Waals surface area contributed by atoms with Gasteiger partial charge in [-0.05, 0) is 24.8 Å². The number of methoxy groups -OCH3 is 2. The van der Waals surface area contributed by atoms with Gasteiger partial charge in [-0.3, -0.25) is 0 Å². The molecule has 1 fully saturated rings. The second kappa shape index (κ2) is 11.8. The third kappa shape index (κ3) is 6.85. The van der Waals surface area contributed by atoms with Crippen molar-refractivity contribution < 1.29 is 18.3 Å². The maximum atomic E-state index is 6.41. The first kappa shape index (κ1) is 20.4. The standard InChI is InChI=1S/C16H33ClO4Si/c1-15(13-17)14-22(20-11-9-18-2,21-12-10-19-3)16-7-5-4-6-8-16/h15-16H,4-14H2,1-3H3. The fourth-order valence-corrected chi connectivity index (χ4v) is 7.92. The van der Waals surface area contributed by atoms with Crippen LogP contribution in [0.1, 0.15) is 39.0 Å². The Kier molecular flexibility index (Phi) is 11.0. The molecule has 0 spiro atoms. The Hall–Kier alpha value is 0.347. The molecular weight excluding hydrogens is 320 g/mol. The van der Waals surface area contributed by atoms with Crippen LogP contribution in [0.5, 0.6) is 0 Å². The predicted octanol–water partition coefficient (Wildman–Crippen LogP) is 3.96. The molecule has 0 aromatic carbocycles. The second-order valence-corrected chi connectivity index (χ2v) is 10.0. The van der Waals surface area contributed by atoms with Crippen LogP contribution in [0.2, 0.25) is 11.6 Å². The molecule has 0 bridgehead atoms. The van der Waals surface area contributed by atoms with Crippen molar-refractivity contribution in [2.45, 2.75) is 50.6 Å². The summed E-state index contributed by atoms with van der Waals surface area (Å²) in [5, 5.41) is 0. The van der Waals surface area contributed by atoms with E-state index >= 15 is 0 Å². The van der Waals surface area contributed by atoms with Crippen LogP contribution in [0.4, 0.5) is 0 Å². The second-order valence-electron chi connectivity index (χ2n) is 6.29. The maximum absolute atomic E-state index is 6.41. The summed E-state index contributed by atoms with van der Waals surface area (Å²) in [6, 6.07) is 0.967. The lowest BCUT2D eigenvalue weighted by Crippen LogP contribution is -2.50. The van der Waals surface area contributed by atoms with Crippen LogP contribution in [-0.2, 0) is 18.3 Å². The predicted molar refractivity (Wildman–Crippen MR) is 92.9 cm³/mol. The lowest BCUT2D eigenvalue weighted by atomic mass is 10.0. The fraction of sp³-hybridized carbons (Fsp3) is 1.00. The van der Waals surface area contributed by atoms with E-state index in [1.54, 1.807) is 14.2 Å². The Labute approximate surface area is 142 Å². The number of rotatable bonds is 12. The number of hydrogen-bond donors (Lipinski definition) is 0. The van der Waals surface area contributed by atoms with E-state index in [4.69, 9.17) is 29.9 Å². The largest absolute Gasteiger partial charge is 0.392 e. The Morgan fingerprint density at radius 2 is 1.50 bits per heavy atom. The summed E-state index contributed by atoms with van der Waals surface area (Å²) in [6.45, 7) is 4.65. The van der Waals surface area contributed by atoms with Gasteiger partial charge in [0, 0.05) is 25.6 Å². The Morgan fingerprint density at radius 3 is 1.95 bits per heavy atom. The van der Waals surface area contributed by atoms with Crippen molar-refractivity contribution in [3.8, 4) is 0 Å². The van der Waals surface area contributed by atoms with Gasteiger partial charge in [-0.2, -0.15) is 0 Å². The molecule has 1 aliphatic carbocycles. The molecule has 132 valence electrons. The van der Waals surface area contributed by atoms with Crippen LogP contribution >= 0.6 is 11.6 Å². The number of alkyl halides is 1. The zero-order valence-corrected chi connectivity index (χ0v) is 16.2. The molecule has 0 amide bonds. The third-order valence-electron chi connectivity index (χ3n) is 4.39. The van der Waals surface area contributed by atoms with Gasteiger partial charge in [-0.25, -0.2) is 0 Å². The zero-order valence-electron chi connectivity index (χ0n) is 14.4. The molecule has 0 aromatic heterocycles. The van der Waals surface area contributed by atoms with E-state index in [0.29, 0.717) is 43.8 Å². The van der Waals surface area contributed by atoms with Crippen molar-refractivity contribution in [1.29, 1.82) is 0 Å². The molecule has 0 saturated heterocycles. The molecule has 0 heterocycles. The first-order valence-corrected chi connectivity index (χ1v) is 11.1. The van der Waals surface area contributed by atoms with Crippen molar-refractivity contribution in [3.63, 3.8) is 0 Å². The molecule has 1 aliphatic rings. The molecule has 0 N–H and O–H groups in total. The van der Waals surface area contributed by atoms with Crippen molar-refractivity contribution in [2.24, 2.45) is 5.92 Å². The van der Waals surface area contributed by atoms with E-state index in [1.165, 1.54) is 32.1 Å². The maximum Gasteiger partial charge on any atom is 0.341 e. The number of hydrogen-bond acceptors (Lipinski definition) is 4. The average Bonchev–Trinajstić information content (AvgIpc) is 2.55. The monoisotopic (exact) mass is 352 g/mol. The van der Waals surface area contributed by atoms with Crippen LogP contribution < -0.4 is 0 Å². The molecule has 1 atom stereocenters. The van der Waals surface area contributed by atoms with Gasteiger partial charge >= 0.3 is 8.56 Å². The minimum absolute atomic E-state index is 0.417. The topological polar surface area (TPSA) is 36.9 Å². The van der Waals surface area contributed by atoms with Gasteiger partial charge in [-0.15, -0.1) is 11.6 Å². The molecule has 0 radical (unpaired) electrons. The smallest absolute Gasteiger partial charge is 0.341 e.